The van der Waals surface area contributed by atoms with Gasteiger partial charge in [0, 0.05) is 17.1 Å². The zero-order valence-corrected chi connectivity index (χ0v) is 18.3. The molecular formula is C25H23N3O4. The number of methoxy groups -OCH3 is 3. The van der Waals surface area contributed by atoms with Gasteiger partial charge in [-0.2, -0.15) is 0 Å². The smallest absolute Gasteiger partial charge is 0.257 e. The molecule has 4 rings (SSSR count). The number of benzene rings is 2. The number of pyridine rings is 2. The molecule has 32 heavy (non-hydrogen) atoms. The van der Waals surface area contributed by atoms with E-state index in [4.69, 9.17) is 19.2 Å². The Hall–Kier alpha value is -4.13. The van der Waals surface area contributed by atoms with Crippen LogP contribution in [0.3, 0.4) is 0 Å². The molecule has 1 N–H and O–H groups in total. The van der Waals surface area contributed by atoms with E-state index in [0.29, 0.717) is 39.8 Å². The lowest BCUT2D eigenvalue weighted by atomic mass is 10.0. The predicted molar refractivity (Wildman–Crippen MR) is 124 cm³/mol. The number of aryl methyl sites for hydroxylation is 1. The number of amides is 1. The number of nitrogens with one attached hydrogen (secondary N) is 1. The van der Waals surface area contributed by atoms with Crippen LogP contribution in [0, 0.1) is 6.92 Å². The first-order valence-electron chi connectivity index (χ1n) is 9.98. The first-order chi connectivity index (χ1) is 15.5. The van der Waals surface area contributed by atoms with Crippen LogP contribution in [-0.4, -0.2) is 37.2 Å². The summed E-state index contributed by atoms with van der Waals surface area (Å²) in [6.45, 7) is 1.94. The molecule has 0 atom stereocenters. The summed E-state index contributed by atoms with van der Waals surface area (Å²) in [7, 11) is 4.67. The molecule has 2 aromatic carbocycles. The zero-order chi connectivity index (χ0) is 22.7. The molecule has 0 radical (unpaired) electrons. The number of ether oxygens (including phenoxy) is 3. The van der Waals surface area contributed by atoms with Crippen molar-refractivity contribution in [3.05, 3.63) is 71.9 Å². The van der Waals surface area contributed by atoms with E-state index in [1.165, 1.54) is 0 Å². The van der Waals surface area contributed by atoms with E-state index in [0.717, 1.165) is 16.5 Å². The second-order valence-corrected chi connectivity index (χ2v) is 7.16. The number of fused-ring (bicyclic) bond motifs is 1. The van der Waals surface area contributed by atoms with Crippen molar-refractivity contribution in [3.8, 4) is 28.5 Å². The van der Waals surface area contributed by atoms with Crippen LogP contribution < -0.4 is 19.5 Å². The monoisotopic (exact) mass is 429 g/mol. The Bertz CT molecular complexity index is 1260. The van der Waals surface area contributed by atoms with E-state index in [9.17, 15) is 4.79 Å². The molecule has 0 aliphatic heterocycles. The average molecular weight is 429 g/mol. The van der Waals surface area contributed by atoms with Crippen LogP contribution in [0.4, 0.5) is 5.82 Å². The van der Waals surface area contributed by atoms with Gasteiger partial charge in [-0.1, -0.05) is 24.3 Å². The Morgan fingerprint density at radius 1 is 0.906 bits per heavy atom. The van der Waals surface area contributed by atoms with Crippen LogP contribution >= 0.6 is 0 Å². The van der Waals surface area contributed by atoms with Crippen LogP contribution in [0.2, 0.25) is 0 Å². The molecule has 7 heteroatoms. The largest absolute Gasteiger partial charge is 0.493 e. The van der Waals surface area contributed by atoms with Gasteiger partial charge < -0.3 is 19.5 Å². The second-order valence-electron chi connectivity index (χ2n) is 7.16. The number of rotatable bonds is 6. The molecule has 0 bridgehead atoms. The van der Waals surface area contributed by atoms with E-state index in [-0.39, 0.29) is 5.91 Å². The molecule has 2 aromatic heterocycles. The first-order valence-corrected chi connectivity index (χ1v) is 9.98. The standard InChI is InChI=1S/C25H23N3O4/c1-15-9-10-23(26-14-15)28-25(29)18-13-20(27-19-8-6-5-7-17(18)19)16-11-21(30-2)24(32-4)22(12-16)31-3/h5-14H,1-4H3,(H,26,28,29). The summed E-state index contributed by atoms with van der Waals surface area (Å²) in [6, 6.07) is 16.6. The van der Waals surface area contributed by atoms with E-state index in [1.54, 1.807) is 39.7 Å². The highest BCUT2D eigenvalue weighted by atomic mass is 16.5. The van der Waals surface area contributed by atoms with Crippen LogP contribution in [-0.2, 0) is 0 Å². The van der Waals surface area contributed by atoms with Gasteiger partial charge in [-0.15, -0.1) is 0 Å². The Balaban J connectivity index is 1.84. The number of hydrogen-bond acceptors (Lipinski definition) is 6. The summed E-state index contributed by atoms with van der Waals surface area (Å²) in [5, 5.41) is 3.62. The summed E-state index contributed by atoms with van der Waals surface area (Å²) < 4.78 is 16.4. The molecular weight excluding hydrogens is 406 g/mol. The molecule has 0 fully saturated rings. The topological polar surface area (TPSA) is 82.6 Å². The SMILES string of the molecule is COc1cc(-c2cc(C(=O)Nc3ccc(C)cn3)c3ccccc3n2)cc(OC)c1OC. The normalized spacial score (nSPS) is 10.6. The third-order valence-electron chi connectivity index (χ3n) is 5.07. The van der Waals surface area contributed by atoms with Crippen LogP contribution in [0.15, 0.2) is 60.8 Å². The molecule has 7 nitrogen and oxygen atoms in total. The number of aromatic nitrogens is 2. The van der Waals surface area contributed by atoms with Gasteiger partial charge in [0.2, 0.25) is 5.75 Å². The van der Waals surface area contributed by atoms with Crippen LogP contribution in [0.1, 0.15) is 15.9 Å². The Kier molecular flexibility index (Phi) is 5.89. The number of para-hydroxylation sites is 1. The lowest BCUT2D eigenvalue weighted by Gasteiger charge is -2.15. The molecule has 162 valence electrons. The summed E-state index contributed by atoms with van der Waals surface area (Å²) in [5.41, 5.74) is 3.53. The molecule has 0 aliphatic rings. The fourth-order valence-corrected chi connectivity index (χ4v) is 3.47. The van der Waals surface area contributed by atoms with Gasteiger partial charge in [0.05, 0.1) is 38.1 Å². The lowest BCUT2D eigenvalue weighted by molar-refractivity contribution is 0.102. The average Bonchev–Trinajstić information content (AvgIpc) is 2.83. The van der Waals surface area contributed by atoms with E-state index < -0.39 is 0 Å². The number of carbonyl (C=O) groups is 1. The molecule has 0 spiro atoms. The molecule has 0 aliphatic carbocycles. The summed E-state index contributed by atoms with van der Waals surface area (Å²) in [4.78, 5) is 22.2. The Labute approximate surface area is 186 Å². The van der Waals surface area contributed by atoms with Crippen molar-refractivity contribution in [1.29, 1.82) is 0 Å². The number of hydrogen-bond donors (Lipinski definition) is 1. The molecule has 0 saturated heterocycles. The van der Waals surface area contributed by atoms with Gasteiger partial charge in [-0.05, 0) is 42.8 Å². The molecule has 0 saturated carbocycles. The summed E-state index contributed by atoms with van der Waals surface area (Å²) in [5.74, 6) is 1.71. The fraction of sp³-hybridized carbons (Fsp3) is 0.160. The maximum atomic E-state index is 13.2. The van der Waals surface area contributed by atoms with Gasteiger partial charge in [-0.25, -0.2) is 9.97 Å². The zero-order valence-electron chi connectivity index (χ0n) is 18.3. The summed E-state index contributed by atoms with van der Waals surface area (Å²) >= 11 is 0. The van der Waals surface area contributed by atoms with Crippen molar-refractivity contribution in [2.45, 2.75) is 6.92 Å². The van der Waals surface area contributed by atoms with Gasteiger partial charge >= 0.3 is 0 Å². The molecule has 2 heterocycles. The van der Waals surface area contributed by atoms with Crippen molar-refractivity contribution in [1.82, 2.24) is 9.97 Å². The lowest BCUT2D eigenvalue weighted by Crippen LogP contribution is -2.14. The Morgan fingerprint density at radius 2 is 1.62 bits per heavy atom. The minimum atomic E-state index is -0.270. The van der Waals surface area contributed by atoms with Crippen molar-refractivity contribution >= 4 is 22.6 Å². The van der Waals surface area contributed by atoms with Gasteiger partial charge in [0.1, 0.15) is 5.82 Å². The van der Waals surface area contributed by atoms with Gasteiger partial charge in [0.15, 0.2) is 11.5 Å². The first kappa shape index (κ1) is 21.1. The fourth-order valence-electron chi connectivity index (χ4n) is 3.47. The summed E-state index contributed by atoms with van der Waals surface area (Å²) in [6.07, 6.45) is 1.71. The number of anilines is 1. The van der Waals surface area contributed by atoms with Gasteiger partial charge in [-0.3, -0.25) is 4.79 Å². The molecule has 0 unspecified atom stereocenters. The third kappa shape index (κ3) is 4.05. The van der Waals surface area contributed by atoms with E-state index >= 15 is 0 Å². The van der Waals surface area contributed by atoms with Crippen LogP contribution in [0.5, 0.6) is 17.2 Å². The highest BCUT2D eigenvalue weighted by molar-refractivity contribution is 6.12. The van der Waals surface area contributed by atoms with Gasteiger partial charge in [0.25, 0.3) is 5.91 Å². The Morgan fingerprint density at radius 3 is 2.25 bits per heavy atom. The van der Waals surface area contributed by atoms with E-state index in [2.05, 4.69) is 10.3 Å². The minimum Gasteiger partial charge on any atom is -0.493 e. The predicted octanol–water partition coefficient (Wildman–Crippen LogP) is 4.88. The molecule has 4 aromatic rings. The number of carbonyl (C=O) groups excluding carboxylic acids is 1. The maximum absolute atomic E-state index is 13.2. The van der Waals surface area contributed by atoms with Crippen molar-refractivity contribution in [2.75, 3.05) is 26.6 Å². The second kappa shape index (κ2) is 8.93. The van der Waals surface area contributed by atoms with E-state index in [1.807, 2.05) is 49.4 Å². The number of nitrogens with zero attached hydrogens (tertiary/aromatic N) is 2. The highest BCUT2D eigenvalue weighted by Crippen LogP contribution is 2.41. The van der Waals surface area contributed by atoms with Crippen molar-refractivity contribution in [2.24, 2.45) is 0 Å². The van der Waals surface area contributed by atoms with Crippen molar-refractivity contribution in [3.63, 3.8) is 0 Å². The highest BCUT2D eigenvalue weighted by Gasteiger charge is 2.18. The van der Waals surface area contributed by atoms with Crippen molar-refractivity contribution < 1.29 is 19.0 Å². The molecule has 1 amide bonds. The van der Waals surface area contributed by atoms with Crippen LogP contribution in [0.25, 0.3) is 22.2 Å². The maximum Gasteiger partial charge on any atom is 0.257 e. The third-order valence-corrected chi connectivity index (χ3v) is 5.07. The quantitative estimate of drug-likeness (QED) is 0.470. The minimum absolute atomic E-state index is 0.270.